The van der Waals surface area contributed by atoms with E-state index < -0.39 is 0 Å². The third-order valence-corrected chi connectivity index (χ3v) is 3.84. The first kappa shape index (κ1) is 14.5. The van der Waals surface area contributed by atoms with Gasteiger partial charge in [-0.3, -0.25) is 9.48 Å². The highest BCUT2D eigenvalue weighted by atomic mass is 32.1. The van der Waals surface area contributed by atoms with Gasteiger partial charge in [0.2, 0.25) is 0 Å². The molecule has 0 saturated carbocycles. The van der Waals surface area contributed by atoms with Crippen LogP contribution in [0.15, 0.2) is 5.38 Å². The molecule has 0 radical (unpaired) electrons. The Labute approximate surface area is 122 Å². The lowest BCUT2D eigenvalue weighted by atomic mass is 10.2. The lowest BCUT2D eigenvalue weighted by Gasteiger charge is -2.06. The number of thiazole rings is 1. The van der Waals surface area contributed by atoms with Gasteiger partial charge in [-0.25, -0.2) is 4.98 Å². The summed E-state index contributed by atoms with van der Waals surface area (Å²) in [6, 6.07) is 0. The number of rotatable bonds is 5. The number of amides is 1. The zero-order chi connectivity index (χ0) is 14.7. The third kappa shape index (κ3) is 2.98. The summed E-state index contributed by atoms with van der Waals surface area (Å²) >= 11 is 1.61. The van der Waals surface area contributed by atoms with Crippen LogP contribution in [0.1, 0.15) is 33.8 Å². The molecule has 2 aromatic rings. The molecule has 2 heterocycles. The Morgan fingerprint density at radius 1 is 1.50 bits per heavy atom. The molecule has 0 atom stereocenters. The first-order valence-corrected chi connectivity index (χ1v) is 7.43. The molecule has 0 fully saturated rings. The van der Waals surface area contributed by atoms with Crippen molar-refractivity contribution in [3.8, 4) is 0 Å². The number of hydrogen-bond donors (Lipinski definition) is 2. The average molecular weight is 293 g/mol. The van der Waals surface area contributed by atoms with Crippen LogP contribution in [0.2, 0.25) is 0 Å². The molecule has 2 aromatic heterocycles. The first-order valence-electron chi connectivity index (χ1n) is 6.55. The van der Waals surface area contributed by atoms with E-state index in [1.54, 1.807) is 22.9 Å². The molecule has 3 N–H and O–H groups in total. The second kappa shape index (κ2) is 6.04. The number of aromatic nitrogens is 3. The van der Waals surface area contributed by atoms with Gasteiger partial charge in [0.25, 0.3) is 5.91 Å². The maximum Gasteiger partial charge on any atom is 0.271 e. The molecule has 0 spiro atoms. The van der Waals surface area contributed by atoms with Crippen LogP contribution < -0.4 is 11.1 Å². The number of carbonyl (C=O) groups excluding carboxylic acids is 1. The second-order valence-corrected chi connectivity index (χ2v) is 5.59. The number of nitrogens with two attached hydrogens (primary N) is 1. The molecule has 7 heteroatoms. The summed E-state index contributed by atoms with van der Waals surface area (Å²) in [7, 11) is 0. The summed E-state index contributed by atoms with van der Waals surface area (Å²) in [4.78, 5) is 16.5. The minimum absolute atomic E-state index is 0.183. The SMILES string of the molecule is CCn1nc(C)c(N)c1C(=O)NCCc1csc(C)n1. The van der Waals surface area contributed by atoms with Gasteiger partial charge < -0.3 is 11.1 Å². The molecule has 0 aliphatic rings. The minimum Gasteiger partial charge on any atom is -0.395 e. The van der Waals surface area contributed by atoms with Crippen LogP contribution in [0.5, 0.6) is 0 Å². The number of nitrogens with one attached hydrogen (secondary N) is 1. The number of carbonyl (C=O) groups is 1. The Balaban J connectivity index is 1.98. The van der Waals surface area contributed by atoms with E-state index in [-0.39, 0.29) is 5.91 Å². The highest BCUT2D eigenvalue weighted by Gasteiger charge is 2.18. The number of nitrogens with zero attached hydrogens (tertiary/aromatic N) is 3. The molecule has 108 valence electrons. The fraction of sp³-hybridized carbons (Fsp3) is 0.462. The fourth-order valence-electron chi connectivity index (χ4n) is 1.97. The highest BCUT2D eigenvalue weighted by molar-refractivity contribution is 7.09. The topological polar surface area (TPSA) is 85.8 Å². The van der Waals surface area contributed by atoms with Crippen molar-refractivity contribution in [3.05, 3.63) is 27.5 Å². The van der Waals surface area contributed by atoms with Gasteiger partial charge in [0, 0.05) is 24.9 Å². The van der Waals surface area contributed by atoms with Gasteiger partial charge in [0.15, 0.2) is 0 Å². The zero-order valence-electron chi connectivity index (χ0n) is 11.9. The lowest BCUT2D eigenvalue weighted by Crippen LogP contribution is -2.28. The fourth-order valence-corrected chi connectivity index (χ4v) is 2.62. The molecule has 0 unspecified atom stereocenters. The Morgan fingerprint density at radius 3 is 2.85 bits per heavy atom. The van der Waals surface area contributed by atoms with E-state index in [4.69, 9.17) is 5.73 Å². The summed E-state index contributed by atoms with van der Waals surface area (Å²) in [5.74, 6) is -0.183. The van der Waals surface area contributed by atoms with Crippen LogP contribution in [0.4, 0.5) is 5.69 Å². The largest absolute Gasteiger partial charge is 0.395 e. The summed E-state index contributed by atoms with van der Waals surface area (Å²) in [5.41, 5.74) is 8.50. The molecule has 6 nitrogen and oxygen atoms in total. The van der Waals surface area contributed by atoms with Crippen LogP contribution in [0, 0.1) is 13.8 Å². The van der Waals surface area contributed by atoms with E-state index in [1.807, 2.05) is 19.2 Å². The number of anilines is 1. The molecule has 2 rings (SSSR count). The molecule has 0 aliphatic heterocycles. The van der Waals surface area contributed by atoms with Gasteiger partial charge in [0.1, 0.15) is 5.69 Å². The van der Waals surface area contributed by atoms with Crippen LogP contribution in [0.3, 0.4) is 0 Å². The van der Waals surface area contributed by atoms with Gasteiger partial charge in [-0.15, -0.1) is 11.3 Å². The van der Waals surface area contributed by atoms with Gasteiger partial charge in [0.05, 0.1) is 22.1 Å². The van der Waals surface area contributed by atoms with Crippen molar-refractivity contribution in [3.63, 3.8) is 0 Å². The molecular weight excluding hydrogens is 274 g/mol. The quantitative estimate of drug-likeness (QED) is 0.875. The van der Waals surface area contributed by atoms with Crippen molar-refractivity contribution in [2.75, 3.05) is 12.3 Å². The predicted octanol–water partition coefficient (Wildman–Crippen LogP) is 1.53. The van der Waals surface area contributed by atoms with Crippen LogP contribution in [-0.2, 0) is 13.0 Å². The Bertz CT molecular complexity index is 616. The van der Waals surface area contributed by atoms with E-state index in [1.165, 1.54) is 0 Å². The maximum absolute atomic E-state index is 12.2. The van der Waals surface area contributed by atoms with Crippen LogP contribution in [-0.4, -0.2) is 27.2 Å². The molecular formula is C13H19N5OS. The van der Waals surface area contributed by atoms with Gasteiger partial charge >= 0.3 is 0 Å². The van der Waals surface area contributed by atoms with Crippen LogP contribution >= 0.6 is 11.3 Å². The Morgan fingerprint density at radius 2 is 2.25 bits per heavy atom. The summed E-state index contributed by atoms with van der Waals surface area (Å²) in [6.07, 6.45) is 0.717. The predicted molar refractivity (Wildman–Crippen MR) is 79.9 cm³/mol. The van der Waals surface area contributed by atoms with E-state index >= 15 is 0 Å². The monoisotopic (exact) mass is 293 g/mol. The first-order chi connectivity index (χ1) is 9.52. The van der Waals surface area contributed by atoms with Crippen molar-refractivity contribution in [1.29, 1.82) is 0 Å². The zero-order valence-corrected chi connectivity index (χ0v) is 12.8. The Kier molecular flexibility index (Phi) is 4.39. The van der Waals surface area contributed by atoms with Crippen molar-refractivity contribution in [1.82, 2.24) is 20.1 Å². The second-order valence-electron chi connectivity index (χ2n) is 4.53. The normalized spacial score (nSPS) is 10.8. The molecule has 1 amide bonds. The van der Waals surface area contributed by atoms with E-state index in [2.05, 4.69) is 15.4 Å². The van der Waals surface area contributed by atoms with Gasteiger partial charge in [-0.2, -0.15) is 5.10 Å². The van der Waals surface area contributed by atoms with E-state index in [0.717, 1.165) is 17.1 Å². The summed E-state index contributed by atoms with van der Waals surface area (Å²) in [6.45, 7) is 6.86. The summed E-state index contributed by atoms with van der Waals surface area (Å²) < 4.78 is 1.63. The maximum atomic E-state index is 12.2. The molecule has 0 aliphatic carbocycles. The third-order valence-electron chi connectivity index (χ3n) is 3.02. The van der Waals surface area contributed by atoms with Crippen molar-refractivity contribution in [2.45, 2.75) is 33.7 Å². The van der Waals surface area contributed by atoms with E-state index in [0.29, 0.717) is 30.2 Å². The van der Waals surface area contributed by atoms with Crippen molar-refractivity contribution >= 4 is 22.9 Å². The Hall–Kier alpha value is -1.89. The van der Waals surface area contributed by atoms with E-state index in [9.17, 15) is 4.79 Å². The van der Waals surface area contributed by atoms with Gasteiger partial charge in [-0.1, -0.05) is 0 Å². The molecule has 20 heavy (non-hydrogen) atoms. The van der Waals surface area contributed by atoms with Gasteiger partial charge in [-0.05, 0) is 20.8 Å². The molecule has 0 saturated heterocycles. The number of aryl methyl sites for hydroxylation is 3. The smallest absolute Gasteiger partial charge is 0.271 e. The lowest BCUT2D eigenvalue weighted by molar-refractivity contribution is 0.0944. The minimum atomic E-state index is -0.183. The summed E-state index contributed by atoms with van der Waals surface area (Å²) in [5, 5.41) is 10.2. The standard InChI is InChI=1S/C13H19N5OS/c1-4-18-12(11(14)8(2)17-18)13(19)15-6-5-10-7-20-9(3)16-10/h7H,4-6,14H2,1-3H3,(H,15,19). The number of nitrogen functional groups attached to an aromatic ring is 1. The van der Waals surface area contributed by atoms with Crippen LogP contribution in [0.25, 0.3) is 0 Å². The molecule has 0 aromatic carbocycles. The average Bonchev–Trinajstić information content (AvgIpc) is 2.94. The number of hydrogen-bond acceptors (Lipinski definition) is 5. The van der Waals surface area contributed by atoms with Crippen molar-refractivity contribution < 1.29 is 4.79 Å². The molecule has 0 bridgehead atoms. The highest BCUT2D eigenvalue weighted by Crippen LogP contribution is 2.16. The van der Waals surface area contributed by atoms with Crippen molar-refractivity contribution in [2.24, 2.45) is 0 Å².